The Labute approximate surface area is 124 Å². The van der Waals surface area contributed by atoms with E-state index in [0.29, 0.717) is 10.0 Å². The summed E-state index contributed by atoms with van der Waals surface area (Å²) in [4.78, 5) is 9.38. The number of aromatic nitrogens is 3. The van der Waals surface area contributed by atoms with E-state index in [1.165, 1.54) is 0 Å². The van der Waals surface area contributed by atoms with Gasteiger partial charge in [-0.15, -0.1) is 0 Å². The quantitative estimate of drug-likeness (QED) is 0.476. The summed E-state index contributed by atoms with van der Waals surface area (Å²) in [5.74, 6) is 0. The number of benzene rings is 2. The molecule has 0 amide bonds. The molecule has 0 bridgehead atoms. The van der Waals surface area contributed by atoms with Gasteiger partial charge in [0.25, 0.3) is 0 Å². The van der Waals surface area contributed by atoms with Crippen LogP contribution in [0.5, 0.6) is 0 Å². The molecule has 0 spiro atoms. The van der Waals surface area contributed by atoms with Crippen molar-refractivity contribution in [2.45, 2.75) is 0 Å². The number of aryl methyl sites for hydroxylation is 1. The summed E-state index contributed by atoms with van der Waals surface area (Å²) in [5.41, 5.74) is 4.34. The van der Waals surface area contributed by atoms with E-state index in [-0.39, 0.29) is 0 Å². The summed E-state index contributed by atoms with van der Waals surface area (Å²) in [7, 11) is 1.99. The number of fused-ring (bicyclic) bond motifs is 4. The molecular formula is C15H9Cl2N3. The third-order valence-corrected chi connectivity index (χ3v) is 4.25. The number of rotatable bonds is 0. The highest BCUT2D eigenvalue weighted by Gasteiger charge is 2.12. The molecule has 2 aromatic carbocycles. The molecule has 20 heavy (non-hydrogen) atoms. The van der Waals surface area contributed by atoms with E-state index in [2.05, 4.69) is 17.1 Å². The molecule has 4 aromatic rings. The van der Waals surface area contributed by atoms with Gasteiger partial charge in [0, 0.05) is 12.4 Å². The molecule has 0 atom stereocenters. The summed E-state index contributed by atoms with van der Waals surface area (Å²) in [6.45, 7) is 0. The first-order chi connectivity index (χ1) is 9.65. The number of nitrogens with zero attached hydrogens (tertiary/aromatic N) is 3. The minimum absolute atomic E-state index is 0.492. The molecule has 98 valence electrons. The lowest BCUT2D eigenvalue weighted by Crippen LogP contribution is -1.92. The fourth-order valence-electron chi connectivity index (χ4n) is 2.54. The molecule has 0 N–H and O–H groups in total. The summed E-state index contributed by atoms with van der Waals surface area (Å²) in [5, 5.41) is 2.07. The first-order valence-electron chi connectivity index (χ1n) is 6.15. The lowest BCUT2D eigenvalue weighted by Gasteiger charge is -2.01. The van der Waals surface area contributed by atoms with Crippen LogP contribution in [0.3, 0.4) is 0 Å². The maximum atomic E-state index is 6.06. The SMILES string of the molecule is Cn1c2ccccc2c2nc3cc(Cl)c(Cl)cc3nc21. The van der Waals surface area contributed by atoms with Crippen molar-refractivity contribution in [3.05, 3.63) is 46.4 Å². The van der Waals surface area contributed by atoms with Crippen LogP contribution in [0.25, 0.3) is 33.1 Å². The summed E-state index contributed by atoms with van der Waals surface area (Å²) in [6.07, 6.45) is 0. The van der Waals surface area contributed by atoms with Crippen LogP contribution < -0.4 is 0 Å². The monoisotopic (exact) mass is 301 g/mol. The number of halogens is 2. The second-order valence-corrected chi connectivity index (χ2v) is 5.54. The average Bonchev–Trinajstić information content (AvgIpc) is 2.72. The van der Waals surface area contributed by atoms with E-state index in [0.717, 1.165) is 33.1 Å². The zero-order chi connectivity index (χ0) is 13.9. The van der Waals surface area contributed by atoms with E-state index < -0.39 is 0 Å². The van der Waals surface area contributed by atoms with Gasteiger partial charge < -0.3 is 4.57 Å². The van der Waals surface area contributed by atoms with Gasteiger partial charge >= 0.3 is 0 Å². The van der Waals surface area contributed by atoms with Gasteiger partial charge in [-0.2, -0.15) is 0 Å². The zero-order valence-electron chi connectivity index (χ0n) is 10.6. The molecular weight excluding hydrogens is 293 g/mol. The van der Waals surface area contributed by atoms with Crippen molar-refractivity contribution in [3.8, 4) is 0 Å². The van der Waals surface area contributed by atoms with Crippen molar-refractivity contribution < 1.29 is 0 Å². The van der Waals surface area contributed by atoms with Gasteiger partial charge in [0.1, 0.15) is 5.52 Å². The fraction of sp³-hybridized carbons (Fsp3) is 0.0667. The summed E-state index contributed by atoms with van der Waals surface area (Å²) >= 11 is 12.1. The first kappa shape index (κ1) is 11.9. The Hall–Kier alpha value is -1.84. The number of para-hydroxylation sites is 1. The second-order valence-electron chi connectivity index (χ2n) is 4.73. The van der Waals surface area contributed by atoms with Crippen molar-refractivity contribution in [1.29, 1.82) is 0 Å². The second kappa shape index (κ2) is 4.08. The van der Waals surface area contributed by atoms with Crippen LogP contribution in [0.1, 0.15) is 0 Å². The number of hydrogen-bond donors (Lipinski definition) is 0. The van der Waals surface area contributed by atoms with Gasteiger partial charge in [-0.25, -0.2) is 9.97 Å². The summed E-state index contributed by atoms with van der Waals surface area (Å²) in [6, 6.07) is 11.6. The van der Waals surface area contributed by atoms with E-state index in [1.807, 2.05) is 23.7 Å². The first-order valence-corrected chi connectivity index (χ1v) is 6.90. The van der Waals surface area contributed by atoms with Crippen molar-refractivity contribution in [3.63, 3.8) is 0 Å². The molecule has 0 saturated carbocycles. The highest BCUT2D eigenvalue weighted by molar-refractivity contribution is 6.42. The lowest BCUT2D eigenvalue weighted by atomic mass is 10.2. The minimum atomic E-state index is 0.492. The topological polar surface area (TPSA) is 30.7 Å². The molecule has 0 aliphatic carbocycles. The molecule has 0 aliphatic rings. The average molecular weight is 302 g/mol. The zero-order valence-corrected chi connectivity index (χ0v) is 12.1. The van der Waals surface area contributed by atoms with Crippen LogP contribution in [0, 0.1) is 0 Å². The van der Waals surface area contributed by atoms with Crippen LogP contribution in [0.2, 0.25) is 10.0 Å². The Morgan fingerprint density at radius 3 is 2.35 bits per heavy atom. The molecule has 3 nitrogen and oxygen atoms in total. The molecule has 0 unspecified atom stereocenters. The van der Waals surface area contributed by atoms with Crippen LogP contribution in [0.15, 0.2) is 36.4 Å². The molecule has 2 aromatic heterocycles. The van der Waals surface area contributed by atoms with Crippen molar-refractivity contribution in [2.75, 3.05) is 0 Å². The highest BCUT2D eigenvalue weighted by Crippen LogP contribution is 2.30. The summed E-state index contributed by atoms with van der Waals surface area (Å²) < 4.78 is 2.04. The maximum Gasteiger partial charge on any atom is 0.160 e. The van der Waals surface area contributed by atoms with Gasteiger partial charge in [-0.3, -0.25) is 0 Å². The standard InChI is InChI=1S/C15H9Cl2N3/c1-20-13-5-3-2-4-8(13)14-15(20)19-12-7-10(17)9(16)6-11(12)18-14/h2-7H,1H3. The number of hydrogen-bond acceptors (Lipinski definition) is 2. The van der Waals surface area contributed by atoms with Crippen LogP contribution >= 0.6 is 23.2 Å². The Bertz CT molecular complexity index is 989. The third-order valence-electron chi connectivity index (χ3n) is 3.53. The minimum Gasteiger partial charge on any atom is -0.327 e. The molecule has 0 saturated heterocycles. The predicted octanol–water partition coefficient (Wildman–Crippen LogP) is 4.58. The molecule has 0 radical (unpaired) electrons. The van der Waals surface area contributed by atoms with Crippen molar-refractivity contribution in [1.82, 2.24) is 14.5 Å². The van der Waals surface area contributed by atoms with Crippen LogP contribution in [-0.4, -0.2) is 14.5 Å². The Morgan fingerprint density at radius 1 is 0.950 bits per heavy atom. The third kappa shape index (κ3) is 1.54. The van der Waals surface area contributed by atoms with Crippen molar-refractivity contribution in [2.24, 2.45) is 7.05 Å². The smallest absolute Gasteiger partial charge is 0.160 e. The Balaban J connectivity index is 2.26. The molecule has 0 fully saturated rings. The van der Waals surface area contributed by atoms with E-state index in [1.54, 1.807) is 12.1 Å². The maximum absolute atomic E-state index is 6.06. The van der Waals surface area contributed by atoms with Gasteiger partial charge in [0.15, 0.2) is 5.65 Å². The van der Waals surface area contributed by atoms with Gasteiger partial charge in [-0.1, -0.05) is 41.4 Å². The molecule has 0 aliphatic heterocycles. The Kier molecular flexibility index (Phi) is 2.43. The molecule has 2 heterocycles. The molecule has 5 heteroatoms. The van der Waals surface area contributed by atoms with Crippen LogP contribution in [-0.2, 0) is 7.05 Å². The van der Waals surface area contributed by atoms with Gasteiger partial charge in [0.05, 0.1) is 26.6 Å². The lowest BCUT2D eigenvalue weighted by molar-refractivity contribution is 0.992. The van der Waals surface area contributed by atoms with Crippen molar-refractivity contribution >= 4 is 56.3 Å². The predicted molar refractivity (Wildman–Crippen MR) is 83.5 cm³/mol. The van der Waals surface area contributed by atoms with E-state index >= 15 is 0 Å². The largest absolute Gasteiger partial charge is 0.327 e. The molecule has 4 rings (SSSR count). The Morgan fingerprint density at radius 2 is 1.60 bits per heavy atom. The van der Waals surface area contributed by atoms with Gasteiger partial charge in [0.2, 0.25) is 0 Å². The van der Waals surface area contributed by atoms with Crippen LogP contribution in [0.4, 0.5) is 0 Å². The van der Waals surface area contributed by atoms with E-state index in [9.17, 15) is 0 Å². The fourth-order valence-corrected chi connectivity index (χ4v) is 2.85. The van der Waals surface area contributed by atoms with E-state index in [4.69, 9.17) is 28.2 Å². The van der Waals surface area contributed by atoms with Gasteiger partial charge in [-0.05, 0) is 18.2 Å². The normalized spacial score (nSPS) is 11.8. The highest BCUT2D eigenvalue weighted by atomic mass is 35.5.